The molecule has 0 fully saturated rings. The maximum Gasteiger partial charge on any atom is 0.313 e. The average Bonchev–Trinajstić information content (AvgIpc) is 2.90. The van der Waals surface area contributed by atoms with Gasteiger partial charge in [-0.1, -0.05) is 30.4 Å². The van der Waals surface area contributed by atoms with Gasteiger partial charge in [-0.05, 0) is 19.4 Å². The van der Waals surface area contributed by atoms with Crippen molar-refractivity contribution < 1.29 is 9.66 Å². The summed E-state index contributed by atoms with van der Waals surface area (Å²) in [5.41, 5.74) is 0.610. The van der Waals surface area contributed by atoms with Crippen molar-refractivity contribution in [2.24, 2.45) is 0 Å². The van der Waals surface area contributed by atoms with Crippen molar-refractivity contribution in [3.05, 3.63) is 45.0 Å². The molecular formula is C14H17N3O3S. The van der Waals surface area contributed by atoms with Gasteiger partial charge in [0.05, 0.1) is 9.80 Å². The molecule has 21 heavy (non-hydrogen) atoms. The number of nitro benzene ring substituents is 1. The van der Waals surface area contributed by atoms with Gasteiger partial charge in [-0.15, -0.1) is 0 Å². The number of benzene rings is 1. The third-order valence-corrected chi connectivity index (χ3v) is 3.76. The van der Waals surface area contributed by atoms with Crippen LogP contribution in [0.5, 0.6) is 5.75 Å². The monoisotopic (exact) mass is 307 g/mol. The Morgan fingerprint density at radius 3 is 3.00 bits per heavy atom. The quantitative estimate of drug-likeness (QED) is 0.622. The fourth-order valence-electron chi connectivity index (χ4n) is 1.82. The van der Waals surface area contributed by atoms with Gasteiger partial charge < -0.3 is 10.1 Å². The van der Waals surface area contributed by atoms with Crippen molar-refractivity contribution in [2.75, 3.05) is 11.9 Å². The zero-order valence-corrected chi connectivity index (χ0v) is 12.8. The van der Waals surface area contributed by atoms with E-state index in [4.69, 9.17) is 4.74 Å². The summed E-state index contributed by atoms with van der Waals surface area (Å²) in [7, 11) is 0. The van der Waals surface area contributed by atoms with Gasteiger partial charge in [-0.25, -0.2) is 4.98 Å². The zero-order valence-electron chi connectivity index (χ0n) is 12.0. The molecule has 0 amide bonds. The highest BCUT2D eigenvalue weighted by Gasteiger charge is 2.18. The number of para-hydroxylation sites is 1. The summed E-state index contributed by atoms with van der Waals surface area (Å²) in [6, 6.07) is 5.06. The highest BCUT2D eigenvalue weighted by atomic mass is 32.1. The van der Waals surface area contributed by atoms with Gasteiger partial charge in [0, 0.05) is 18.3 Å². The fraction of sp³-hybridized carbons (Fsp3) is 0.357. The molecule has 7 heteroatoms. The Labute approximate surface area is 126 Å². The van der Waals surface area contributed by atoms with Crippen LogP contribution in [-0.2, 0) is 6.61 Å². The number of nitrogens with zero attached hydrogens (tertiary/aromatic N) is 2. The lowest BCUT2D eigenvalue weighted by Crippen LogP contribution is -1.99. The number of thiazole rings is 1. The van der Waals surface area contributed by atoms with Gasteiger partial charge in [0.2, 0.25) is 0 Å². The molecular weight excluding hydrogens is 290 g/mol. The summed E-state index contributed by atoms with van der Waals surface area (Å²) in [6.45, 7) is 4.93. The first-order valence-corrected chi connectivity index (χ1v) is 7.49. The predicted molar refractivity (Wildman–Crippen MR) is 83.1 cm³/mol. The minimum Gasteiger partial charge on any atom is -0.481 e. The molecule has 0 aliphatic carbocycles. The van der Waals surface area contributed by atoms with Gasteiger partial charge in [-0.3, -0.25) is 10.1 Å². The van der Waals surface area contributed by atoms with Gasteiger partial charge in [-0.2, -0.15) is 0 Å². The predicted octanol–water partition coefficient (Wildman–Crippen LogP) is 3.76. The number of hydrogen-bond acceptors (Lipinski definition) is 6. The highest BCUT2D eigenvalue weighted by molar-refractivity contribution is 7.15. The third kappa shape index (κ3) is 3.91. The van der Waals surface area contributed by atoms with E-state index in [-0.39, 0.29) is 18.0 Å². The lowest BCUT2D eigenvalue weighted by Gasteiger charge is -2.06. The van der Waals surface area contributed by atoms with E-state index in [2.05, 4.69) is 17.2 Å². The van der Waals surface area contributed by atoms with Gasteiger partial charge in [0.1, 0.15) is 6.61 Å². The molecule has 2 rings (SSSR count). The zero-order chi connectivity index (χ0) is 15.2. The Hall–Kier alpha value is -2.15. The minimum atomic E-state index is -0.411. The number of nitro groups is 1. The van der Waals surface area contributed by atoms with E-state index in [1.165, 1.54) is 11.3 Å². The first-order valence-electron chi connectivity index (χ1n) is 6.67. The lowest BCUT2D eigenvalue weighted by molar-refractivity contribution is -0.386. The van der Waals surface area contributed by atoms with Crippen molar-refractivity contribution in [1.82, 2.24) is 4.98 Å². The number of aryl methyl sites for hydroxylation is 1. The van der Waals surface area contributed by atoms with Crippen LogP contribution in [0.1, 0.15) is 23.8 Å². The summed E-state index contributed by atoms with van der Waals surface area (Å²) in [4.78, 5) is 15.8. The Morgan fingerprint density at radius 1 is 1.48 bits per heavy atom. The Bertz CT molecular complexity index is 628. The summed E-state index contributed by atoms with van der Waals surface area (Å²) in [5, 5.41) is 15.1. The molecule has 112 valence electrons. The number of anilines is 1. The van der Waals surface area contributed by atoms with Crippen LogP contribution in [0, 0.1) is 17.0 Å². The third-order valence-electron chi connectivity index (χ3n) is 2.83. The molecule has 0 aliphatic rings. The van der Waals surface area contributed by atoms with Crippen molar-refractivity contribution in [3.8, 4) is 5.75 Å². The second kappa shape index (κ2) is 7.03. The fourth-order valence-corrected chi connectivity index (χ4v) is 2.57. The van der Waals surface area contributed by atoms with Crippen molar-refractivity contribution in [1.29, 1.82) is 0 Å². The maximum absolute atomic E-state index is 11.1. The largest absolute Gasteiger partial charge is 0.481 e. The Morgan fingerprint density at radius 2 is 2.29 bits per heavy atom. The number of hydrogen-bond donors (Lipinski definition) is 1. The highest BCUT2D eigenvalue weighted by Crippen LogP contribution is 2.31. The van der Waals surface area contributed by atoms with Crippen molar-refractivity contribution >= 4 is 22.2 Å². The Balaban J connectivity index is 2.05. The van der Waals surface area contributed by atoms with Crippen LogP contribution < -0.4 is 10.1 Å². The number of nitrogens with one attached hydrogen (secondary N) is 1. The Kier molecular flexibility index (Phi) is 5.10. The van der Waals surface area contributed by atoms with Crippen molar-refractivity contribution in [3.63, 3.8) is 0 Å². The van der Waals surface area contributed by atoms with Crippen LogP contribution in [0.15, 0.2) is 24.4 Å². The van der Waals surface area contributed by atoms with Crippen LogP contribution in [0.3, 0.4) is 0 Å². The molecule has 1 aromatic carbocycles. The van der Waals surface area contributed by atoms with Crippen LogP contribution in [0.25, 0.3) is 0 Å². The first kappa shape index (κ1) is 15.2. The normalized spacial score (nSPS) is 10.4. The van der Waals surface area contributed by atoms with E-state index in [0.29, 0.717) is 5.56 Å². The molecule has 6 nitrogen and oxygen atoms in total. The topological polar surface area (TPSA) is 77.3 Å². The van der Waals surface area contributed by atoms with Gasteiger partial charge in [0.25, 0.3) is 0 Å². The molecule has 0 atom stereocenters. The van der Waals surface area contributed by atoms with E-state index in [9.17, 15) is 10.1 Å². The summed E-state index contributed by atoms with van der Waals surface area (Å²) in [5.74, 6) is 0.288. The summed E-state index contributed by atoms with van der Waals surface area (Å²) >= 11 is 1.49. The molecule has 2 aromatic rings. The van der Waals surface area contributed by atoms with Crippen molar-refractivity contribution in [2.45, 2.75) is 26.9 Å². The van der Waals surface area contributed by atoms with Crippen LogP contribution >= 0.6 is 11.3 Å². The van der Waals surface area contributed by atoms with Crippen LogP contribution in [-0.4, -0.2) is 16.5 Å². The van der Waals surface area contributed by atoms with E-state index >= 15 is 0 Å². The molecule has 0 spiro atoms. The molecule has 0 bridgehead atoms. The second-order valence-electron chi connectivity index (χ2n) is 4.53. The minimum absolute atomic E-state index is 0.0198. The van der Waals surface area contributed by atoms with E-state index in [1.54, 1.807) is 31.3 Å². The molecule has 0 saturated carbocycles. The van der Waals surface area contributed by atoms with Gasteiger partial charge in [0.15, 0.2) is 10.9 Å². The van der Waals surface area contributed by atoms with Crippen LogP contribution in [0.4, 0.5) is 10.8 Å². The number of ether oxygens (including phenoxy) is 1. The molecule has 0 saturated heterocycles. The number of aromatic nitrogens is 1. The van der Waals surface area contributed by atoms with E-state index in [1.807, 2.05) is 0 Å². The van der Waals surface area contributed by atoms with E-state index in [0.717, 1.165) is 23.0 Å². The van der Waals surface area contributed by atoms with Gasteiger partial charge >= 0.3 is 5.69 Å². The maximum atomic E-state index is 11.1. The molecule has 0 aliphatic heterocycles. The SMILES string of the molecule is CCCNc1ncc(COc2cccc(C)c2[N+](=O)[O-])s1. The van der Waals surface area contributed by atoms with Crippen LogP contribution in [0.2, 0.25) is 0 Å². The lowest BCUT2D eigenvalue weighted by atomic mass is 10.2. The molecule has 1 heterocycles. The molecule has 1 aromatic heterocycles. The molecule has 0 radical (unpaired) electrons. The summed E-state index contributed by atoms with van der Waals surface area (Å²) in [6.07, 6.45) is 2.76. The smallest absolute Gasteiger partial charge is 0.313 e. The first-order chi connectivity index (χ1) is 10.1. The summed E-state index contributed by atoms with van der Waals surface area (Å²) < 4.78 is 5.58. The number of rotatable bonds is 7. The standard InChI is InChI=1S/C14H17N3O3S/c1-3-7-15-14-16-8-11(21-14)9-20-12-6-4-5-10(2)13(12)17(18)19/h4-6,8H,3,7,9H2,1-2H3,(H,15,16). The molecule has 1 N–H and O–H groups in total. The second-order valence-corrected chi connectivity index (χ2v) is 5.64. The average molecular weight is 307 g/mol. The molecule has 0 unspecified atom stereocenters. The van der Waals surface area contributed by atoms with E-state index < -0.39 is 4.92 Å².